The maximum atomic E-state index is 9.09. The Morgan fingerprint density at radius 3 is 1.35 bits per heavy atom. The van der Waals surface area contributed by atoms with Crippen molar-refractivity contribution in [1.29, 1.82) is 0 Å². The highest BCUT2D eigenvalue weighted by atomic mass is 16.5. The lowest BCUT2D eigenvalue weighted by molar-refractivity contribution is 0.274. The molecule has 1 aliphatic rings. The zero-order valence-electron chi connectivity index (χ0n) is 28.2. The molecule has 0 unspecified atom stereocenters. The average molecular weight is 651 g/mol. The van der Waals surface area contributed by atoms with Crippen molar-refractivity contribution in [2.45, 2.75) is 56.8 Å². The Balaban J connectivity index is 1.30. The molecule has 250 valence electrons. The van der Waals surface area contributed by atoms with Gasteiger partial charge in [-0.2, -0.15) is 0 Å². The average Bonchev–Trinajstić information content (AvgIpc) is 3.45. The van der Waals surface area contributed by atoms with Gasteiger partial charge in [0, 0.05) is 24.0 Å². The molecule has 0 aromatic heterocycles. The Kier molecular flexibility index (Phi) is 10.3. The van der Waals surface area contributed by atoms with E-state index in [2.05, 4.69) is 121 Å². The maximum Gasteiger partial charge on any atom is 0.127 e. The molecule has 0 heterocycles. The van der Waals surface area contributed by atoms with Crippen molar-refractivity contribution >= 4 is 21.5 Å². The Morgan fingerprint density at radius 2 is 0.878 bits per heavy atom. The molecule has 0 fully saturated rings. The summed E-state index contributed by atoms with van der Waals surface area (Å²) >= 11 is 0. The number of hydrogen-bond donors (Lipinski definition) is 2. The zero-order valence-corrected chi connectivity index (χ0v) is 28.2. The van der Waals surface area contributed by atoms with Crippen molar-refractivity contribution in [3.05, 3.63) is 144 Å². The molecule has 0 spiro atoms. The van der Waals surface area contributed by atoms with Crippen LogP contribution in [0.25, 0.3) is 32.7 Å². The van der Waals surface area contributed by atoms with Crippen molar-refractivity contribution in [2.24, 2.45) is 0 Å². The van der Waals surface area contributed by atoms with E-state index in [0.717, 1.165) is 84.4 Å². The fourth-order valence-corrected chi connectivity index (χ4v) is 7.75. The van der Waals surface area contributed by atoms with Crippen LogP contribution >= 0.6 is 0 Å². The van der Waals surface area contributed by atoms with Crippen LogP contribution in [-0.2, 0) is 5.41 Å². The first-order chi connectivity index (χ1) is 24.3. The fourth-order valence-electron chi connectivity index (χ4n) is 7.75. The minimum atomic E-state index is -0.511. The number of aliphatic hydroxyl groups is 2. The summed E-state index contributed by atoms with van der Waals surface area (Å²) in [7, 11) is 0. The highest BCUT2D eigenvalue weighted by Crippen LogP contribution is 2.56. The zero-order chi connectivity index (χ0) is 33.5. The predicted octanol–water partition coefficient (Wildman–Crippen LogP) is 10.2. The number of fused-ring (bicyclic) bond motifs is 5. The molecule has 2 N–H and O–H groups in total. The van der Waals surface area contributed by atoms with Crippen LogP contribution in [0.15, 0.2) is 121 Å². The third kappa shape index (κ3) is 6.44. The van der Waals surface area contributed by atoms with Crippen molar-refractivity contribution in [3.63, 3.8) is 0 Å². The van der Waals surface area contributed by atoms with Crippen LogP contribution in [-0.4, -0.2) is 36.6 Å². The van der Waals surface area contributed by atoms with Crippen molar-refractivity contribution in [2.75, 3.05) is 26.4 Å². The lowest BCUT2D eigenvalue weighted by atomic mass is 9.67. The molecular formula is C45H46O4. The number of rotatable bonds is 16. The van der Waals surface area contributed by atoms with Crippen LogP contribution in [0.2, 0.25) is 0 Å². The standard InChI is InChI=1S/C45H46O4/c46-27-9-1-3-11-29-48-43-21-13-15-33-31-35(23-25-37(33)43)45(41-19-7-5-17-39(41)40-18-6-8-20-42(40)45)36-24-26-38-34(32-36)16-14-22-44(38)49-30-12-4-2-10-28-47/h5-8,13-26,31-32,46-47H,1-4,9-12,27-30H2. The molecule has 6 aromatic carbocycles. The monoisotopic (exact) mass is 650 g/mol. The van der Waals surface area contributed by atoms with Crippen LogP contribution in [0.1, 0.15) is 73.6 Å². The highest BCUT2D eigenvalue weighted by molar-refractivity contribution is 5.94. The molecular weight excluding hydrogens is 604 g/mol. The minimum absolute atomic E-state index is 0.255. The van der Waals surface area contributed by atoms with Gasteiger partial charge in [-0.05, 0) is 107 Å². The number of hydrogen-bond acceptors (Lipinski definition) is 4. The second kappa shape index (κ2) is 15.3. The van der Waals surface area contributed by atoms with E-state index in [1.807, 2.05) is 0 Å². The molecule has 0 saturated heterocycles. The highest BCUT2D eigenvalue weighted by Gasteiger charge is 2.46. The lowest BCUT2D eigenvalue weighted by Crippen LogP contribution is -2.28. The van der Waals surface area contributed by atoms with E-state index in [9.17, 15) is 0 Å². The summed E-state index contributed by atoms with van der Waals surface area (Å²) in [5.74, 6) is 1.83. The van der Waals surface area contributed by atoms with E-state index in [-0.39, 0.29) is 13.2 Å². The van der Waals surface area contributed by atoms with Crippen molar-refractivity contribution in [1.82, 2.24) is 0 Å². The fraction of sp³-hybridized carbons (Fsp3) is 0.289. The van der Waals surface area contributed by atoms with Crippen LogP contribution < -0.4 is 9.47 Å². The number of ether oxygens (including phenoxy) is 2. The third-order valence-corrected chi connectivity index (χ3v) is 10.1. The molecule has 1 aliphatic carbocycles. The summed E-state index contributed by atoms with van der Waals surface area (Å²) in [5.41, 5.74) is 7.08. The second-order valence-corrected chi connectivity index (χ2v) is 13.2. The minimum Gasteiger partial charge on any atom is -0.493 e. The van der Waals surface area contributed by atoms with Crippen molar-refractivity contribution in [3.8, 4) is 22.6 Å². The van der Waals surface area contributed by atoms with Crippen LogP contribution in [0, 0.1) is 0 Å². The van der Waals surface area contributed by atoms with Gasteiger partial charge >= 0.3 is 0 Å². The Labute approximate surface area is 290 Å². The topological polar surface area (TPSA) is 58.9 Å². The largest absolute Gasteiger partial charge is 0.493 e. The van der Waals surface area contributed by atoms with Gasteiger partial charge in [-0.15, -0.1) is 0 Å². The van der Waals surface area contributed by atoms with Crippen LogP contribution in [0.4, 0.5) is 0 Å². The number of benzene rings is 6. The molecule has 49 heavy (non-hydrogen) atoms. The van der Waals surface area contributed by atoms with E-state index in [1.165, 1.54) is 33.4 Å². The molecule has 0 aliphatic heterocycles. The van der Waals surface area contributed by atoms with Crippen LogP contribution in [0.3, 0.4) is 0 Å². The molecule has 0 saturated carbocycles. The first-order valence-electron chi connectivity index (χ1n) is 18.0. The van der Waals surface area contributed by atoms with Gasteiger partial charge in [0.15, 0.2) is 0 Å². The first kappa shape index (κ1) is 32.9. The lowest BCUT2D eigenvalue weighted by Gasteiger charge is -2.34. The van der Waals surface area contributed by atoms with Gasteiger partial charge in [-0.1, -0.05) is 110 Å². The third-order valence-electron chi connectivity index (χ3n) is 10.1. The quantitative estimate of drug-likeness (QED) is 0.102. The van der Waals surface area contributed by atoms with Gasteiger partial charge in [-0.3, -0.25) is 0 Å². The summed E-state index contributed by atoms with van der Waals surface area (Å²) in [6.07, 6.45) is 7.82. The van der Waals surface area contributed by atoms with Crippen molar-refractivity contribution < 1.29 is 19.7 Å². The van der Waals surface area contributed by atoms with Gasteiger partial charge in [0.1, 0.15) is 11.5 Å². The number of unbranched alkanes of at least 4 members (excludes halogenated alkanes) is 6. The Morgan fingerprint density at radius 1 is 0.429 bits per heavy atom. The molecule has 0 amide bonds. The van der Waals surface area contributed by atoms with Gasteiger partial charge < -0.3 is 19.7 Å². The molecule has 0 atom stereocenters. The molecule has 4 heteroatoms. The predicted molar refractivity (Wildman–Crippen MR) is 201 cm³/mol. The Bertz CT molecular complexity index is 1880. The van der Waals surface area contributed by atoms with E-state index < -0.39 is 5.41 Å². The van der Waals surface area contributed by atoms with Gasteiger partial charge in [0.05, 0.1) is 18.6 Å². The summed E-state index contributed by atoms with van der Waals surface area (Å²) in [6, 6.07) is 44.3. The second-order valence-electron chi connectivity index (χ2n) is 13.2. The van der Waals surface area contributed by atoms with E-state index >= 15 is 0 Å². The normalized spacial score (nSPS) is 13.0. The first-order valence-corrected chi connectivity index (χ1v) is 18.0. The molecule has 0 bridgehead atoms. The van der Waals surface area contributed by atoms with E-state index in [0.29, 0.717) is 13.2 Å². The molecule has 6 aromatic rings. The Hall–Kier alpha value is -4.64. The summed E-state index contributed by atoms with van der Waals surface area (Å²) in [5, 5.41) is 22.7. The molecule has 4 nitrogen and oxygen atoms in total. The molecule has 7 rings (SSSR count). The van der Waals surface area contributed by atoms with Crippen LogP contribution in [0.5, 0.6) is 11.5 Å². The molecule has 0 radical (unpaired) electrons. The SMILES string of the molecule is OCCCCCCOc1cccc2cc(C3(c4ccc5c(OCCCCCCO)cccc5c4)c4ccccc4-c4ccccc43)ccc12. The maximum absolute atomic E-state index is 9.09. The number of aliphatic hydroxyl groups excluding tert-OH is 2. The summed E-state index contributed by atoms with van der Waals surface area (Å²) < 4.78 is 12.6. The van der Waals surface area contributed by atoms with E-state index in [1.54, 1.807) is 0 Å². The summed E-state index contributed by atoms with van der Waals surface area (Å²) in [6.45, 7) is 1.85. The van der Waals surface area contributed by atoms with Gasteiger partial charge in [0.25, 0.3) is 0 Å². The summed E-state index contributed by atoms with van der Waals surface area (Å²) in [4.78, 5) is 0. The van der Waals surface area contributed by atoms with E-state index in [4.69, 9.17) is 19.7 Å². The smallest absolute Gasteiger partial charge is 0.127 e. The van der Waals surface area contributed by atoms with Gasteiger partial charge in [-0.25, -0.2) is 0 Å². The van der Waals surface area contributed by atoms with Gasteiger partial charge in [0.2, 0.25) is 0 Å².